The van der Waals surface area contributed by atoms with Crippen molar-refractivity contribution in [2.24, 2.45) is 0 Å². The second-order valence-corrected chi connectivity index (χ2v) is 11.3. The summed E-state index contributed by atoms with van der Waals surface area (Å²) >= 11 is 8.03. The van der Waals surface area contributed by atoms with E-state index in [-0.39, 0.29) is 27.7 Å². The Morgan fingerprint density at radius 2 is 1.71 bits per heavy atom. The third-order valence-corrected chi connectivity index (χ3v) is 8.09. The molecule has 12 heteroatoms. The molecule has 1 heterocycles. The number of rotatable bonds is 6. The van der Waals surface area contributed by atoms with Crippen LogP contribution in [0.1, 0.15) is 16.7 Å². The number of urea groups is 1. The Balaban J connectivity index is 1.72. The molecule has 38 heavy (non-hydrogen) atoms. The maximum Gasteiger partial charge on any atom is 0.339 e. The summed E-state index contributed by atoms with van der Waals surface area (Å²) in [5, 5.41) is 2.51. The number of anilines is 1. The number of barbiturate groups is 1. The van der Waals surface area contributed by atoms with Gasteiger partial charge in [0.1, 0.15) is 10.5 Å². The number of carbonyl (C=O) groups is 3. The smallest absolute Gasteiger partial charge is 0.339 e. The molecule has 3 aromatic rings. The summed E-state index contributed by atoms with van der Waals surface area (Å²) in [7, 11) is -2.84. The van der Waals surface area contributed by atoms with Crippen molar-refractivity contribution >= 4 is 73.9 Å². The van der Waals surface area contributed by atoms with Gasteiger partial charge in [-0.25, -0.2) is 9.69 Å². The van der Waals surface area contributed by atoms with Crippen molar-refractivity contribution in [1.29, 1.82) is 0 Å². The van der Waals surface area contributed by atoms with Crippen molar-refractivity contribution in [2.45, 2.75) is 18.7 Å². The van der Waals surface area contributed by atoms with Gasteiger partial charge in [0, 0.05) is 5.02 Å². The molecule has 0 aliphatic carbocycles. The van der Waals surface area contributed by atoms with E-state index in [9.17, 15) is 22.8 Å². The van der Waals surface area contributed by atoms with E-state index in [1.54, 1.807) is 37.3 Å². The molecular formula is C26H20ClIN2O7S. The van der Waals surface area contributed by atoms with Crippen molar-refractivity contribution in [3.8, 4) is 11.5 Å². The van der Waals surface area contributed by atoms with Crippen LogP contribution in [-0.4, -0.2) is 33.4 Å². The number of amides is 4. The molecule has 0 bridgehead atoms. The number of aryl methyl sites for hydroxylation is 1. The Morgan fingerprint density at radius 1 is 1.03 bits per heavy atom. The first-order valence-electron chi connectivity index (χ1n) is 11.0. The number of hydrogen-bond donors (Lipinski definition) is 1. The second-order valence-electron chi connectivity index (χ2n) is 8.23. The van der Waals surface area contributed by atoms with Crippen molar-refractivity contribution in [2.75, 3.05) is 12.0 Å². The van der Waals surface area contributed by atoms with Crippen LogP contribution in [0, 0.1) is 17.4 Å². The lowest BCUT2D eigenvalue weighted by Gasteiger charge is -2.27. The van der Waals surface area contributed by atoms with Crippen LogP contribution in [0.5, 0.6) is 11.5 Å². The number of ether oxygens (including phenoxy) is 1. The topological polar surface area (TPSA) is 119 Å². The highest BCUT2D eigenvalue weighted by Crippen LogP contribution is 2.37. The molecule has 196 valence electrons. The lowest BCUT2D eigenvalue weighted by molar-refractivity contribution is -0.122. The first-order valence-corrected chi connectivity index (χ1v) is 13.8. The van der Waals surface area contributed by atoms with E-state index in [1.807, 2.05) is 29.5 Å². The van der Waals surface area contributed by atoms with Crippen molar-refractivity contribution in [3.63, 3.8) is 0 Å². The number of benzene rings is 3. The largest absolute Gasteiger partial charge is 0.493 e. The zero-order valence-corrected chi connectivity index (χ0v) is 24.0. The highest BCUT2D eigenvalue weighted by Gasteiger charge is 2.37. The molecule has 1 aliphatic rings. The predicted molar refractivity (Wildman–Crippen MR) is 150 cm³/mol. The Hall–Kier alpha value is -3.42. The Morgan fingerprint density at radius 3 is 2.37 bits per heavy atom. The van der Waals surface area contributed by atoms with Crippen LogP contribution in [0.25, 0.3) is 6.08 Å². The van der Waals surface area contributed by atoms with Gasteiger partial charge in [-0.15, -0.1) is 0 Å². The molecule has 9 nitrogen and oxygen atoms in total. The van der Waals surface area contributed by atoms with Gasteiger partial charge in [-0.1, -0.05) is 35.4 Å². The van der Waals surface area contributed by atoms with Gasteiger partial charge in [-0.05, 0) is 90.0 Å². The maximum absolute atomic E-state index is 13.3. The molecule has 1 aliphatic heterocycles. The summed E-state index contributed by atoms with van der Waals surface area (Å²) in [6.45, 7) is 3.48. The minimum Gasteiger partial charge on any atom is -0.493 e. The van der Waals surface area contributed by atoms with Gasteiger partial charge in [0.2, 0.25) is 0 Å². The number of carbonyl (C=O) groups excluding carboxylic acids is 3. The Kier molecular flexibility index (Phi) is 7.81. The third-order valence-electron chi connectivity index (χ3n) is 5.65. The molecular weight excluding hydrogens is 647 g/mol. The van der Waals surface area contributed by atoms with Crippen LogP contribution < -0.4 is 19.1 Å². The number of halogens is 2. The van der Waals surface area contributed by atoms with Gasteiger partial charge >= 0.3 is 16.1 Å². The molecule has 1 fully saturated rings. The van der Waals surface area contributed by atoms with Crippen LogP contribution in [0.2, 0.25) is 5.02 Å². The fourth-order valence-electron chi connectivity index (χ4n) is 3.65. The van der Waals surface area contributed by atoms with Crippen LogP contribution >= 0.6 is 34.2 Å². The summed E-state index contributed by atoms with van der Waals surface area (Å²) in [5.74, 6) is -1.73. The highest BCUT2D eigenvalue weighted by molar-refractivity contribution is 14.1. The lowest BCUT2D eigenvalue weighted by atomic mass is 10.1. The van der Waals surface area contributed by atoms with Gasteiger partial charge in [0.25, 0.3) is 11.8 Å². The molecule has 0 radical (unpaired) electrons. The van der Waals surface area contributed by atoms with Crippen molar-refractivity contribution in [3.05, 3.63) is 85.5 Å². The monoisotopic (exact) mass is 666 g/mol. The molecule has 0 spiro atoms. The Bertz CT molecular complexity index is 1620. The van der Waals surface area contributed by atoms with Gasteiger partial charge < -0.3 is 8.92 Å². The summed E-state index contributed by atoms with van der Waals surface area (Å²) in [6, 6.07) is 12.9. The van der Waals surface area contributed by atoms with E-state index in [0.29, 0.717) is 19.7 Å². The number of imide groups is 2. The summed E-state index contributed by atoms with van der Waals surface area (Å²) in [4.78, 5) is 39.3. The van der Waals surface area contributed by atoms with Crippen LogP contribution in [0.4, 0.5) is 10.5 Å². The van der Waals surface area contributed by atoms with E-state index in [2.05, 4.69) is 5.32 Å². The molecule has 0 aromatic heterocycles. The molecule has 4 amide bonds. The molecule has 1 saturated heterocycles. The highest BCUT2D eigenvalue weighted by atomic mass is 127. The zero-order valence-electron chi connectivity index (χ0n) is 20.2. The molecule has 0 saturated carbocycles. The molecule has 0 unspecified atom stereocenters. The predicted octanol–water partition coefficient (Wildman–Crippen LogP) is 5.00. The standard InChI is InChI=1S/C26H20ClIN2O7S/c1-14-7-9-17(10-8-14)38(34,35)37-23-20(28)12-16(13-22(23)36-3)11-18-24(31)29-26(33)30(25(18)32)21-6-4-5-19(27)15(21)2/h4-13H,1-3H3,(H,29,31,33)/b18-11+. The zero-order chi connectivity index (χ0) is 27.8. The molecule has 1 N–H and O–H groups in total. The summed E-state index contributed by atoms with van der Waals surface area (Å²) in [5.41, 5.74) is 1.62. The molecule has 0 atom stereocenters. The van der Waals surface area contributed by atoms with Crippen LogP contribution in [0.15, 0.2) is 65.1 Å². The SMILES string of the molecule is COc1cc(/C=C2\C(=O)NC(=O)N(c3cccc(Cl)c3C)C2=O)cc(I)c1OS(=O)(=O)c1ccc(C)cc1. The quantitative estimate of drug-likeness (QED) is 0.170. The fraction of sp³-hybridized carbons (Fsp3) is 0.115. The first kappa shape index (κ1) is 27.6. The third kappa shape index (κ3) is 5.40. The van der Waals surface area contributed by atoms with Gasteiger partial charge in [0.05, 0.1) is 16.4 Å². The van der Waals surface area contributed by atoms with Gasteiger partial charge in [0.15, 0.2) is 11.5 Å². The van der Waals surface area contributed by atoms with Gasteiger partial charge in [-0.2, -0.15) is 8.42 Å². The van der Waals surface area contributed by atoms with E-state index in [4.69, 9.17) is 20.5 Å². The minimum absolute atomic E-state index is 0.0299. The second kappa shape index (κ2) is 10.8. The van der Waals surface area contributed by atoms with Crippen molar-refractivity contribution < 1.29 is 31.7 Å². The maximum atomic E-state index is 13.3. The first-order chi connectivity index (χ1) is 17.9. The minimum atomic E-state index is -4.17. The molecule has 4 rings (SSSR count). The number of nitrogens with zero attached hydrogens (tertiary/aromatic N) is 1. The average Bonchev–Trinajstić information content (AvgIpc) is 2.86. The number of hydrogen-bond acceptors (Lipinski definition) is 7. The van der Waals surface area contributed by atoms with Crippen LogP contribution in [-0.2, 0) is 19.7 Å². The normalized spacial score (nSPS) is 15.0. The average molecular weight is 667 g/mol. The van der Waals surface area contributed by atoms with E-state index in [1.165, 1.54) is 37.5 Å². The number of nitrogens with one attached hydrogen (secondary N) is 1. The van der Waals surface area contributed by atoms with E-state index < -0.39 is 28.0 Å². The van der Waals surface area contributed by atoms with Gasteiger partial charge in [-0.3, -0.25) is 14.9 Å². The lowest BCUT2D eigenvalue weighted by Crippen LogP contribution is -2.54. The van der Waals surface area contributed by atoms with E-state index in [0.717, 1.165) is 10.5 Å². The Labute approximate surface area is 237 Å². The molecule has 3 aromatic carbocycles. The van der Waals surface area contributed by atoms with E-state index >= 15 is 0 Å². The van der Waals surface area contributed by atoms with Crippen LogP contribution in [0.3, 0.4) is 0 Å². The fourth-order valence-corrected chi connectivity index (χ4v) is 5.66. The summed E-state index contributed by atoms with van der Waals surface area (Å²) < 4.78 is 36.8. The number of methoxy groups -OCH3 is 1. The van der Waals surface area contributed by atoms with Crippen molar-refractivity contribution in [1.82, 2.24) is 5.32 Å². The summed E-state index contributed by atoms with van der Waals surface area (Å²) in [6.07, 6.45) is 1.28.